The Morgan fingerprint density at radius 2 is 1.83 bits per heavy atom. The van der Waals surface area contributed by atoms with E-state index in [0.29, 0.717) is 11.8 Å². The van der Waals surface area contributed by atoms with Gasteiger partial charge in [0.25, 0.3) is 0 Å². The van der Waals surface area contributed by atoms with Gasteiger partial charge in [0.2, 0.25) is 0 Å². The van der Waals surface area contributed by atoms with Crippen molar-refractivity contribution in [3.63, 3.8) is 0 Å². The largest absolute Gasteiger partial charge is 0.342 e. The second-order valence-electron chi connectivity index (χ2n) is 6.27. The topological polar surface area (TPSA) is 35.5 Å². The third-order valence-electron chi connectivity index (χ3n) is 2.81. The highest BCUT2D eigenvalue weighted by atomic mass is 17.2. The number of carbonyl (C=O) groups is 1. The Kier molecular flexibility index (Phi) is 9.08. The molecule has 1 unspecified atom stereocenters. The highest BCUT2D eigenvalue weighted by Crippen LogP contribution is 2.22. The van der Waals surface area contributed by atoms with E-state index in [-0.39, 0.29) is 12.1 Å². The van der Waals surface area contributed by atoms with E-state index < -0.39 is 0 Å². The summed E-state index contributed by atoms with van der Waals surface area (Å²) in [6.45, 7) is 10.7. The molecular formula is C15H30O3. The fourth-order valence-electron chi connectivity index (χ4n) is 1.73. The first-order valence-electron chi connectivity index (χ1n) is 7.21. The molecule has 0 aromatic carbocycles. The van der Waals surface area contributed by atoms with Crippen molar-refractivity contribution in [1.29, 1.82) is 0 Å². The van der Waals surface area contributed by atoms with Crippen LogP contribution in [0.4, 0.5) is 0 Å². The average Bonchev–Trinajstić information content (AvgIpc) is 2.25. The minimum absolute atomic E-state index is 0.000148. The van der Waals surface area contributed by atoms with Crippen LogP contribution in [-0.2, 0) is 14.6 Å². The second-order valence-corrected chi connectivity index (χ2v) is 6.27. The maximum atomic E-state index is 11.4. The van der Waals surface area contributed by atoms with Gasteiger partial charge in [0.15, 0.2) is 0 Å². The minimum atomic E-state index is -0.242. The molecule has 0 aliphatic rings. The summed E-state index contributed by atoms with van der Waals surface area (Å²) >= 11 is 0. The smallest absolute Gasteiger partial charge is 0.298 e. The highest BCUT2D eigenvalue weighted by molar-refractivity contribution is 5.68. The van der Waals surface area contributed by atoms with Gasteiger partial charge in [-0.3, -0.25) is 4.89 Å². The van der Waals surface area contributed by atoms with Crippen molar-refractivity contribution in [2.75, 3.05) is 0 Å². The number of carbonyl (C=O) groups excluding carboxylic acids is 1. The molecule has 0 saturated carbocycles. The standard InChI is InChI=1S/C15H30O3/c1-6-10-13(2)17-18-14(16)11-8-7-9-12-15(3,4)5/h13H,6-12H2,1-5H3. The molecule has 0 spiro atoms. The molecule has 0 radical (unpaired) electrons. The molecule has 18 heavy (non-hydrogen) atoms. The lowest BCUT2D eigenvalue weighted by Crippen LogP contribution is -2.13. The van der Waals surface area contributed by atoms with Crippen LogP contribution in [0.1, 0.15) is 79.6 Å². The molecule has 3 nitrogen and oxygen atoms in total. The van der Waals surface area contributed by atoms with Crippen LogP contribution in [-0.4, -0.2) is 12.1 Å². The zero-order valence-corrected chi connectivity index (χ0v) is 12.8. The summed E-state index contributed by atoms with van der Waals surface area (Å²) in [7, 11) is 0. The number of unbranched alkanes of at least 4 members (excludes halogenated alkanes) is 2. The van der Waals surface area contributed by atoms with Crippen LogP contribution in [0.25, 0.3) is 0 Å². The van der Waals surface area contributed by atoms with Crippen molar-refractivity contribution in [1.82, 2.24) is 0 Å². The average molecular weight is 258 g/mol. The monoisotopic (exact) mass is 258 g/mol. The summed E-state index contributed by atoms with van der Waals surface area (Å²) in [6, 6.07) is 0. The van der Waals surface area contributed by atoms with Gasteiger partial charge in [0, 0.05) is 6.42 Å². The van der Waals surface area contributed by atoms with E-state index in [1.165, 1.54) is 12.8 Å². The molecule has 0 heterocycles. The minimum Gasteiger partial charge on any atom is -0.298 e. The fraction of sp³-hybridized carbons (Fsp3) is 0.933. The first-order valence-corrected chi connectivity index (χ1v) is 7.21. The summed E-state index contributed by atoms with van der Waals surface area (Å²) < 4.78 is 0. The second kappa shape index (κ2) is 9.37. The third-order valence-corrected chi connectivity index (χ3v) is 2.81. The van der Waals surface area contributed by atoms with Crippen molar-refractivity contribution in [2.45, 2.75) is 85.7 Å². The Hall–Kier alpha value is -0.570. The van der Waals surface area contributed by atoms with Gasteiger partial charge < -0.3 is 0 Å². The van der Waals surface area contributed by atoms with Crippen LogP contribution in [0.2, 0.25) is 0 Å². The van der Waals surface area contributed by atoms with Gasteiger partial charge in [-0.05, 0) is 31.6 Å². The van der Waals surface area contributed by atoms with E-state index in [9.17, 15) is 4.79 Å². The van der Waals surface area contributed by atoms with E-state index >= 15 is 0 Å². The maximum absolute atomic E-state index is 11.4. The van der Waals surface area contributed by atoms with Crippen molar-refractivity contribution in [2.24, 2.45) is 5.41 Å². The molecule has 0 aliphatic carbocycles. The lowest BCUT2D eigenvalue weighted by atomic mass is 9.89. The Bertz CT molecular complexity index is 218. The molecule has 0 aromatic heterocycles. The lowest BCUT2D eigenvalue weighted by Gasteiger charge is -2.17. The van der Waals surface area contributed by atoms with Crippen LogP contribution in [0.3, 0.4) is 0 Å². The predicted octanol–water partition coefficient (Wildman–Crippen LogP) is 4.65. The molecule has 0 amide bonds. The van der Waals surface area contributed by atoms with Gasteiger partial charge in [0.1, 0.15) is 6.10 Å². The molecule has 3 heteroatoms. The Morgan fingerprint density at radius 1 is 1.17 bits per heavy atom. The van der Waals surface area contributed by atoms with E-state index in [1.54, 1.807) is 0 Å². The van der Waals surface area contributed by atoms with Gasteiger partial charge in [-0.2, -0.15) is 4.89 Å². The van der Waals surface area contributed by atoms with Crippen LogP contribution in [0.15, 0.2) is 0 Å². The molecule has 1 atom stereocenters. The molecule has 0 aliphatic heterocycles. The van der Waals surface area contributed by atoms with Gasteiger partial charge in [-0.15, -0.1) is 0 Å². The number of hydrogen-bond acceptors (Lipinski definition) is 3. The maximum Gasteiger partial charge on any atom is 0.342 e. The summed E-state index contributed by atoms with van der Waals surface area (Å²) in [5.74, 6) is -0.242. The van der Waals surface area contributed by atoms with Crippen LogP contribution in [0.5, 0.6) is 0 Å². The summed E-state index contributed by atoms with van der Waals surface area (Å²) in [5.41, 5.74) is 0.388. The van der Waals surface area contributed by atoms with Crippen LogP contribution in [0, 0.1) is 5.41 Å². The van der Waals surface area contributed by atoms with Crippen molar-refractivity contribution in [3.05, 3.63) is 0 Å². The molecule has 108 valence electrons. The zero-order valence-electron chi connectivity index (χ0n) is 12.8. The van der Waals surface area contributed by atoms with Gasteiger partial charge in [-0.25, -0.2) is 4.79 Å². The molecule has 0 fully saturated rings. The molecule has 0 bridgehead atoms. The van der Waals surface area contributed by atoms with Gasteiger partial charge in [0.05, 0.1) is 0 Å². The number of hydrogen-bond donors (Lipinski definition) is 0. The van der Waals surface area contributed by atoms with E-state index in [4.69, 9.17) is 9.78 Å². The van der Waals surface area contributed by atoms with Gasteiger partial charge in [-0.1, -0.05) is 47.0 Å². The summed E-state index contributed by atoms with van der Waals surface area (Å²) in [4.78, 5) is 21.1. The summed E-state index contributed by atoms with van der Waals surface area (Å²) in [5, 5.41) is 0. The van der Waals surface area contributed by atoms with E-state index in [2.05, 4.69) is 27.7 Å². The zero-order chi connectivity index (χ0) is 14.0. The highest BCUT2D eigenvalue weighted by Gasteiger charge is 2.10. The van der Waals surface area contributed by atoms with Crippen molar-refractivity contribution < 1.29 is 14.6 Å². The lowest BCUT2D eigenvalue weighted by molar-refractivity contribution is -0.295. The molecule has 0 aromatic rings. The quantitative estimate of drug-likeness (QED) is 0.343. The van der Waals surface area contributed by atoms with Crippen LogP contribution < -0.4 is 0 Å². The molecule has 0 N–H and O–H groups in total. The SMILES string of the molecule is CCCC(C)OOC(=O)CCCCCC(C)(C)C. The fourth-order valence-corrected chi connectivity index (χ4v) is 1.73. The normalized spacial score (nSPS) is 13.4. The van der Waals surface area contributed by atoms with Gasteiger partial charge >= 0.3 is 5.97 Å². The molecular weight excluding hydrogens is 228 g/mol. The first-order chi connectivity index (χ1) is 8.35. The Morgan fingerprint density at radius 3 is 2.39 bits per heavy atom. The number of rotatable bonds is 9. The molecule has 0 saturated heterocycles. The molecule has 0 rings (SSSR count). The first kappa shape index (κ1) is 17.4. The Labute approximate surface area is 112 Å². The third kappa shape index (κ3) is 11.9. The van der Waals surface area contributed by atoms with Crippen LogP contribution >= 0.6 is 0 Å². The summed E-state index contributed by atoms with van der Waals surface area (Å²) in [6.07, 6.45) is 6.75. The van der Waals surface area contributed by atoms with Crippen molar-refractivity contribution in [3.8, 4) is 0 Å². The predicted molar refractivity (Wildman–Crippen MR) is 74.1 cm³/mol. The van der Waals surface area contributed by atoms with Crippen molar-refractivity contribution >= 4 is 5.97 Å². The Balaban J connectivity index is 3.43. The van der Waals surface area contributed by atoms with E-state index in [0.717, 1.165) is 25.7 Å². The van der Waals surface area contributed by atoms with E-state index in [1.807, 2.05) is 6.92 Å².